The molecule has 1 aliphatic heterocycles. The van der Waals surface area contributed by atoms with Crippen molar-refractivity contribution < 1.29 is 15.0 Å². The number of aromatic hydroxyl groups is 2. The number of benzene rings is 1. The van der Waals surface area contributed by atoms with E-state index in [4.69, 9.17) is 0 Å². The third-order valence-electron chi connectivity index (χ3n) is 2.56. The van der Waals surface area contributed by atoms with Crippen molar-refractivity contribution in [3.05, 3.63) is 35.9 Å². The van der Waals surface area contributed by atoms with E-state index in [1.54, 1.807) is 4.90 Å². The molecule has 0 saturated heterocycles. The molecule has 4 heteroatoms. The quantitative estimate of drug-likeness (QED) is 0.556. The van der Waals surface area contributed by atoms with Gasteiger partial charge in [0.15, 0.2) is 0 Å². The van der Waals surface area contributed by atoms with Crippen LogP contribution in [0.4, 0.5) is 0 Å². The van der Waals surface area contributed by atoms with Crippen LogP contribution in [0.2, 0.25) is 0 Å². The summed E-state index contributed by atoms with van der Waals surface area (Å²) < 4.78 is 0. The first-order valence-corrected chi connectivity index (χ1v) is 5.15. The van der Waals surface area contributed by atoms with E-state index in [1.165, 1.54) is 18.2 Å². The molecule has 0 fully saturated rings. The topological polar surface area (TPSA) is 60.8 Å². The summed E-state index contributed by atoms with van der Waals surface area (Å²) in [6.07, 6.45) is 4.76. The van der Waals surface area contributed by atoms with Crippen LogP contribution in [0.1, 0.15) is 16.8 Å². The standard InChI is InChI=1S/C12H13NO3/c14-9-4-5-11(15)10(8-9)12(16)13-6-2-1-3-7-13/h1-2,4-5,8,14-15H,3,6-7H2. The summed E-state index contributed by atoms with van der Waals surface area (Å²) in [6.45, 7) is 1.19. The molecule has 2 rings (SSSR count). The van der Waals surface area contributed by atoms with Crippen molar-refractivity contribution in [2.75, 3.05) is 13.1 Å². The Hall–Kier alpha value is -1.97. The van der Waals surface area contributed by atoms with Crippen molar-refractivity contribution >= 4 is 5.91 Å². The van der Waals surface area contributed by atoms with Gasteiger partial charge in [0.2, 0.25) is 0 Å². The summed E-state index contributed by atoms with van der Waals surface area (Å²) >= 11 is 0. The number of phenols is 2. The SMILES string of the molecule is O=C(c1cc(O)ccc1O)N1CC=CCC1. The van der Waals surface area contributed by atoms with E-state index in [-0.39, 0.29) is 23.0 Å². The summed E-state index contributed by atoms with van der Waals surface area (Å²) in [7, 11) is 0. The lowest BCUT2D eigenvalue weighted by atomic mass is 10.1. The predicted molar refractivity (Wildman–Crippen MR) is 59.4 cm³/mol. The Morgan fingerprint density at radius 2 is 2.06 bits per heavy atom. The highest BCUT2D eigenvalue weighted by molar-refractivity contribution is 5.97. The van der Waals surface area contributed by atoms with Crippen LogP contribution in [0.25, 0.3) is 0 Å². The molecule has 0 atom stereocenters. The Labute approximate surface area is 93.4 Å². The smallest absolute Gasteiger partial charge is 0.258 e. The van der Waals surface area contributed by atoms with E-state index in [1.807, 2.05) is 12.2 Å². The van der Waals surface area contributed by atoms with E-state index < -0.39 is 0 Å². The summed E-state index contributed by atoms with van der Waals surface area (Å²) in [6, 6.07) is 3.96. The number of phenolic OH excluding ortho intramolecular Hbond substituents is 2. The minimum Gasteiger partial charge on any atom is -0.508 e. The number of amides is 1. The Bertz CT molecular complexity index is 440. The molecule has 4 nitrogen and oxygen atoms in total. The van der Waals surface area contributed by atoms with Crippen molar-refractivity contribution in [1.82, 2.24) is 4.90 Å². The molecule has 0 radical (unpaired) electrons. The molecule has 0 aromatic heterocycles. The van der Waals surface area contributed by atoms with Crippen molar-refractivity contribution in [3.8, 4) is 11.5 Å². The van der Waals surface area contributed by atoms with Gasteiger partial charge in [-0.3, -0.25) is 4.79 Å². The molecule has 1 aromatic carbocycles. The Balaban J connectivity index is 2.26. The fourth-order valence-corrected chi connectivity index (χ4v) is 1.69. The van der Waals surface area contributed by atoms with Gasteiger partial charge >= 0.3 is 0 Å². The molecule has 0 aliphatic carbocycles. The van der Waals surface area contributed by atoms with Crippen LogP contribution >= 0.6 is 0 Å². The maximum Gasteiger partial charge on any atom is 0.258 e. The molecule has 2 N–H and O–H groups in total. The molecule has 84 valence electrons. The van der Waals surface area contributed by atoms with Gasteiger partial charge in [-0.1, -0.05) is 12.2 Å². The fourth-order valence-electron chi connectivity index (χ4n) is 1.69. The maximum atomic E-state index is 12.0. The van der Waals surface area contributed by atoms with Gasteiger partial charge in [-0.05, 0) is 24.6 Å². The molecule has 1 heterocycles. The van der Waals surface area contributed by atoms with E-state index >= 15 is 0 Å². The molecule has 0 unspecified atom stereocenters. The van der Waals surface area contributed by atoms with Crippen molar-refractivity contribution in [1.29, 1.82) is 0 Å². The molecular weight excluding hydrogens is 206 g/mol. The van der Waals surface area contributed by atoms with Crippen LogP contribution in [0.15, 0.2) is 30.4 Å². The van der Waals surface area contributed by atoms with Crippen LogP contribution in [0, 0.1) is 0 Å². The first-order chi connectivity index (χ1) is 7.68. The van der Waals surface area contributed by atoms with Crippen molar-refractivity contribution in [3.63, 3.8) is 0 Å². The molecule has 0 bridgehead atoms. The predicted octanol–water partition coefficient (Wildman–Crippen LogP) is 1.50. The van der Waals surface area contributed by atoms with Crippen LogP contribution in [0.5, 0.6) is 11.5 Å². The van der Waals surface area contributed by atoms with Gasteiger partial charge in [-0.15, -0.1) is 0 Å². The molecule has 0 spiro atoms. The average molecular weight is 219 g/mol. The maximum absolute atomic E-state index is 12.0. The second kappa shape index (κ2) is 4.26. The largest absolute Gasteiger partial charge is 0.508 e. The number of rotatable bonds is 1. The lowest BCUT2D eigenvalue weighted by Gasteiger charge is -2.23. The van der Waals surface area contributed by atoms with E-state index in [0.717, 1.165) is 6.42 Å². The number of carbonyl (C=O) groups is 1. The van der Waals surface area contributed by atoms with E-state index in [0.29, 0.717) is 13.1 Å². The van der Waals surface area contributed by atoms with E-state index in [2.05, 4.69) is 0 Å². The van der Waals surface area contributed by atoms with E-state index in [9.17, 15) is 15.0 Å². The summed E-state index contributed by atoms with van der Waals surface area (Å²) in [4.78, 5) is 13.6. The molecule has 1 aromatic rings. The normalized spacial score (nSPS) is 15.1. The van der Waals surface area contributed by atoms with Gasteiger partial charge < -0.3 is 15.1 Å². The van der Waals surface area contributed by atoms with Gasteiger partial charge in [0.1, 0.15) is 11.5 Å². The van der Waals surface area contributed by atoms with Gasteiger partial charge in [0.05, 0.1) is 5.56 Å². The second-order valence-electron chi connectivity index (χ2n) is 3.71. The fraction of sp³-hybridized carbons (Fsp3) is 0.250. The third kappa shape index (κ3) is 2.00. The zero-order chi connectivity index (χ0) is 11.5. The lowest BCUT2D eigenvalue weighted by molar-refractivity contribution is 0.0767. The highest BCUT2D eigenvalue weighted by Crippen LogP contribution is 2.24. The minimum atomic E-state index is -0.252. The molecule has 1 amide bonds. The van der Waals surface area contributed by atoms with Gasteiger partial charge in [-0.2, -0.15) is 0 Å². The van der Waals surface area contributed by atoms with Crippen LogP contribution in [0.3, 0.4) is 0 Å². The first-order valence-electron chi connectivity index (χ1n) is 5.15. The van der Waals surface area contributed by atoms with Crippen molar-refractivity contribution in [2.45, 2.75) is 6.42 Å². The van der Waals surface area contributed by atoms with Gasteiger partial charge in [-0.25, -0.2) is 0 Å². The number of hydrogen-bond donors (Lipinski definition) is 2. The summed E-state index contributed by atoms with van der Waals surface area (Å²) in [5.41, 5.74) is 0.148. The number of hydrogen-bond acceptors (Lipinski definition) is 3. The Kier molecular flexibility index (Phi) is 2.81. The number of nitrogens with zero attached hydrogens (tertiary/aromatic N) is 1. The second-order valence-corrected chi connectivity index (χ2v) is 3.71. The summed E-state index contributed by atoms with van der Waals surface area (Å²) in [5, 5.41) is 18.8. The highest BCUT2D eigenvalue weighted by Gasteiger charge is 2.19. The zero-order valence-corrected chi connectivity index (χ0v) is 8.76. The minimum absolute atomic E-state index is 0.0197. The molecule has 0 saturated carbocycles. The zero-order valence-electron chi connectivity index (χ0n) is 8.76. The average Bonchev–Trinajstić information content (AvgIpc) is 2.32. The molecular formula is C12H13NO3. The van der Waals surface area contributed by atoms with Crippen LogP contribution in [-0.4, -0.2) is 34.1 Å². The van der Waals surface area contributed by atoms with Gasteiger partial charge in [0.25, 0.3) is 5.91 Å². The lowest BCUT2D eigenvalue weighted by Crippen LogP contribution is -2.33. The third-order valence-corrected chi connectivity index (χ3v) is 2.56. The van der Waals surface area contributed by atoms with Crippen LogP contribution < -0.4 is 0 Å². The number of carbonyl (C=O) groups excluding carboxylic acids is 1. The molecule has 16 heavy (non-hydrogen) atoms. The van der Waals surface area contributed by atoms with Crippen molar-refractivity contribution in [2.24, 2.45) is 0 Å². The summed E-state index contributed by atoms with van der Waals surface area (Å²) in [5.74, 6) is -0.371. The highest BCUT2D eigenvalue weighted by atomic mass is 16.3. The van der Waals surface area contributed by atoms with Crippen LogP contribution in [-0.2, 0) is 0 Å². The Morgan fingerprint density at radius 1 is 1.25 bits per heavy atom. The monoisotopic (exact) mass is 219 g/mol. The molecule has 1 aliphatic rings. The Morgan fingerprint density at radius 3 is 2.75 bits per heavy atom. The van der Waals surface area contributed by atoms with Gasteiger partial charge in [0, 0.05) is 13.1 Å². The first kappa shape index (κ1) is 10.5.